The van der Waals surface area contributed by atoms with Crippen molar-refractivity contribution in [3.63, 3.8) is 0 Å². The summed E-state index contributed by atoms with van der Waals surface area (Å²) in [5.74, 6) is 0.236. The van der Waals surface area contributed by atoms with Crippen molar-refractivity contribution in [1.29, 1.82) is 0 Å². The van der Waals surface area contributed by atoms with E-state index in [4.69, 9.17) is 0 Å². The number of nitrogens with one attached hydrogen (secondary N) is 2. The molecule has 6 heteroatoms. The van der Waals surface area contributed by atoms with Crippen LogP contribution in [-0.4, -0.2) is 20.9 Å². The molecule has 3 aromatic rings. The van der Waals surface area contributed by atoms with Gasteiger partial charge in [0.15, 0.2) is 0 Å². The van der Waals surface area contributed by atoms with Crippen LogP contribution in [0.25, 0.3) is 0 Å². The van der Waals surface area contributed by atoms with Crippen molar-refractivity contribution in [2.24, 2.45) is 0 Å². The molecular formula is C18H17N5O. The molecule has 2 N–H and O–H groups in total. The van der Waals surface area contributed by atoms with Crippen molar-refractivity contribution < 1.29 is 4.79 Å². The second kappa shape index (κ2) is 7.32. The van der Waals surface area contributed by atoms with Gasteiger partial charge in [-0.15, -0.1) is 0 Å². The zero-order valence-corrected chi connectivity index (χ0v) is 13.2. The van der Waals surface area contributed by atoms with Gasteiger partial charge in [-0.1, -0.05) is 12.1 Å². The van der Waals surface area contributed by atoms with Gasteiger partial charge in [0.25, 0.3) is 5.91 Å². The zero-order valence-electron chi connectivity index (χ0n) is 13.2. The van der Waals surface area contributed by atoms with Gasteiger partial charge in [-0.05, 0) is 42.3 Å². The van der Waals surface area contributed by atoms with Crippen LogP contribution in [0.5, 0.6) is 0 Å². The van der Waals surface area contributed by atoms with E-state index in [1.807, 2.05) is 43.3 Å². The Morgan fingerprint density at radius 3 is 2.54 bits per heavy atom. The van der Waals surface area contributed by atoms with Crippen LogP contribution in [0.1, 0.15) is 21.5 Å². The molecule has 0 bridgehead atoms. The molecule has 0 fully saturated rings. The van der Waals surface area contributed by atoms with Crippen LogP contribution < -0.4 is 10.6 Å². The first kappa shape index (κ1) is 15.6. The summed E-state index contributed by atoms with van der Waals surface area (Å²) in [7, 11) is 0. The monoisotopic (exact) mass is 319 g/mol. The topological polar surface area (TPSA) is 79.8 Å². The number of nitrogens with zero attached hydrogens (tertiary/aromatic N) is 3. The minimum absolute atomic E-state index is 0.214. The average Bonchev–Trinajstić information content (AvgIpc) is 2.61. The number of hydrogen-bond donors (Lipinski definition) is 2. The number of benzene rings is 1. The number of pyridine rings is 1. The van der Waals surface area contributed by atoms with E-state index in [1.54, 1.807) is 12.4 Å². The standard InChI is InChI=1S/C18H17N5O/c1-13-3-2-4-16(9-13)23-18-21-11-15(12-22-18)17(24)20-10-14-5-7-19-8-6-14/h2-9,11-12H,10H2,1H3,(H,20,24)(H,21,22,23). The molecule has 24 heavy (non-hydrogen) atoms. The maximum atomic E-state index is 12.1. The Morgan fingerprint density at radius 2 is 1.83 bits per heavy atom. The first-order valence-corrected chi connectivity index (χ1v) is 7.53. The first-order valence-electron chi connectivity index (χ1n) is 7.53. The highest BCUT2D eigenvalue weighted by Gasteiger charge is 2.07. The molecule has 6 nitrogen and oxygen atoms in total. The number of anilines is 2. The predicted octanol–water partition coefficient (Wildman–Crippen LogP) is 2.85. The van der Waals surface area contributed by atoms with Gasteiger partial charge in [-0.2, -0.15) is 0 Å². The summed E-state index contributed by atoms with van der Waals surface area (Å²) in [6.45, 7) is 2.45. The van der Waals surface area contributed by atoms with E-state index in [1.165, 1.54) is 12.4 Å². The van der Waals surface area contributed by atoms with Gasteiger partial charge >= 0.3 is 0 Å². The van der Waals surface area contributed by atoms with Crippen LogP contribution in [0, 0.1) is 6.92 Å². The van der Waals surface area contributed by atoms with Crippen molar-refractivity contribution in [2.45, 2.75) is 13.5 Å². The molecule has 0 radical (unpaired) electrons. The number of aromatic nitrogens is 3. The van der Waals surface area contributed by atoms with E-state index in [9.17, 15) is 4.79 Å². The minimum atomic E-state index is -0.214. The van der Waals surface area contributed by atoms with Crippen molar-refractivity contribution in [3.05, 3.63) is 77.9 Å². The van der Waals surface area contributed by atoms with E-state index in [0.29, 0.717) is 18.1 Å². The molecule has 0 aliphatic rings. The third-order valence-electron chi connectivity index (χ3n) is 3.39. The van der Waals surface area contributed by atoms with E-state index in [0.717, 1.165) is 16.8 Å². The molecule has 2 aromatic heterocycles. The van der Waals surface area contributed by atoms with E-state index in [2.05, 4.69) is 25.6 Å². The van der Waals surface area contributed by atoms with Gasteiger partial charge in [0.1, 0.15) is 0 Å². The second-order valence-corrected chi connectivity index (χ2v) is 5.33. The number of hydrogen-bond acceptors (Lipinski definition) is 5. The number of carbonyl (C=O) groups excluding carboxylic acids is 1. The van der Waals surface area contributed by atoms with Crippen molar-refractivity contribution in [3.8, 4) is 0 Å². The molecule has 3 rings (SSSR count). The lowest BCUT2D eigenvalue weighted by molar-refractivity contribution is 0.0950. The number of aryl methyl sites for hydroxylation is 1. The molecule has 0 aliphatic carbocycles. The number of carbonyl (C=O) groups is 1. The summed E-state index contributed by atoms with van der Waals surface area (Å²) in [6, 6.07) is 11.6. The Balaban J connectivity index is 1.60. The molecule has 0 atom stereocenters. The summed E-state index contributed by atoms with van der Waals surface area (Å²) in [5.41, 5.74) is 3.45. The lowest BCUT2D eigenvalue weighted by Gasteiger charge is -2.07. The zero-order chi connectivity index (χ0) is 16.8. The summed E-state index contributed by atoms with van der Waals surface area (Å²) >= 11 is 0. The highest BCUT2D eigenvalue weighted by molar-refractivity contribution is 5.93. The molecule has 0 spiro atoms. The van der Waals surface area contributed by atoms with Crippen molar-refractivity contribution >= 4 is 17.5 Å². The SMILES string of the molecule is Cc1cccc(Nc2ncc(C(=O)NCc3ccncc3)cn2)c1. The fourth-order valence-corrected chi connectivity index (χ4v) is 2.15. The maximum Gasteiger partial charge on any atom is 0.254 e. The van der Waals surface area contributed by atoms with Crippen molar-refractivity contribution in [1.82, 2.24) is 20.3 Å². The predicted molar refractivity (Wildman–Crippen MR) is 91.9 cm³/mol. The van der Waals surface area contributed by atoms with Crippen LogP contribution in [0.2, 0.25) is 0 Å². The normalized spacial score (nSPS) is 10.2. The minimum Gasteiger partial charge on any atom is -0.348 e. The van der Waals surface area contributed by atoms with Gasteiger partial charge in [0.05, 0.1) is 5.56 Å². The number of rotatable bonds is 5. The fraction of sp³-hybridized carbons (Fsp3) is 0.111. The van der Waals surface area contributed by atoms with Gasteiger partial charge in [-0.25, -0.2) is 9.97 Å². The summed E-state index contributed by atoms with van der Waals surface area (Å²) in [4.78, 5) is 24.4. The van der Waals surface area contributed by atoms with Crippen LogP contribution >= 0.6 is 0 Å². The lowest BCUT2D eigenvalue weighted by Crippen LogP contribution is -2.23. The second-order valence-electron chi connectivity index (χ2n) is 5.33. The average molecular weight is 319 g/mol. The molecule has 0 aliphatic heterocycles. The Bertz CT molecular complexity index is 818. The Labute approximate surface area is 140 Å². The third-order valence-corrected chi connectivity index (χ3v) is 3.39. The van der Waals surface area contributed by atoms with Gasteiger partial charge < -0.3 is 10.6 Å². The van der Waals surface area contributed by atoms with Gasteiger partial charge in [-0.3, -0.25) is 9.78 Å². The maximum absolute atomic E-state index is 12.1. The largest absolute Gasteiger partial charge is 0.348 e. The van der Waals surface area contributed by atoms with E-state index < -0.39 is 0 Å². The molecule has 1 aromatic carbocycles. The van der Waals surface area contributed by atoms with Crippen LogP contribution in [0.3, 0.4) is 0 Å². The Kier molecular flexibility index (Phi) is 4.76. The van der Waals surface area contributed by atoms with Gasteiger partial charge in [0, 0.05) is 37.0 Å². The van der Waals surface area contributed by atoms with Crippen LogP contribution in [0.4, 0.5) is 11.6 Å². The van der Waals surface area contributed by atoms with Crippen molar-refractivity contribution in [2.75, 3.05) is 5.32 Å². The molecule has 0 unspecified atom stereocenters. The highest BCUT2D eigenvalue weighted by Crippen LogP contribution is 2.14. The third kappa shape index (κ3) is 4.13. The number of amides is 1. The molecule has 2 heterocycles. The smallest absolute Gasteiger partial charge is 0.254 e. The van der Waals surface area contributed by atoms with E-state index in [-0.39, 0.29) is 5.91 Å². The Hall–Kier alpha value is -3.28. The highest BCUT2D eigenvalue weighted by atomic mass is 16.1. The molecule has 0 saturated heterocycles. The molecule has 0 saturated carbocycles. The summed E-state index contributed by atoms with van der Waals surface area (Å²) < 4.78 is 0. The summed E-state index contributed by atoms with van der Waals surface area (Å²) in [5, 5.41) is 5.93. The molecule has 1 amide bonds. The van der Waals surface area contributed by atoms with E-state index >= 15 is 0 Å². The molecule has 120 valence electrons. The Morgan fingerprint density at radius 1 is 1.08 bits per heavy atom. The summed E-state index contributed by atoms with van der Waals surface area (Å²) in [6.07, 6.45) is 6.40. The lowest BCUT2D eigenvalue weighted by atomic mass is 10.2. The fourth-order valence-electron chi connectivity index (χ4n) is 2.15. The molecular weight excluding hydrogens is 302 g/mol. The van der Waals surface area contributed by atoms with Gasteiger partial charge in [0.2, 0.25) is 5.95 Å². The van der Waals surface area contributed by atoms with Crippen LogP contribution in [-0.2, 0) is 6.54 Å². The quantitative estimate of drug-likeness (QED) is 0.756. The first-order chi connectivity index (χ1) is 11.7. The van der Waals surface area contributed by atoms with Crippen LogP contribution in [0.15, 0.2) is 61.2 Å².